The van der Waals surface area contributed by atoms with E-state index in [0.717, 1.165) is 0 Å². The van der Waals surface area contributed by atoms with Gasteiger partial charge in [-0.25, -0.2) is 0 Å². The van der Waals surface area contributed by atoms with E-state index in [2.05, 4.69) is 15.7 Å². The van der Waals surface area contributed by atoms with Gasteiger partial charge < -0.3 is 10.6 Å². The Bertz CT molecular complexity index is 649. The molecule has 6 nitrogen and oxygen atoms in total. The highest BCUT2D eigenvalue weighted by Gasteiger charge is 2.14. The predicted octanol–water partition coefficient (Wildman–Crippen LogP) is 2.28. The number of nitrogens with one attached hydrogen (secondary N) is 2. The molecule has 0 saturated carbocycles. The summed E-state index contributed by atoms with van der Waals surface area (Å²) in [7, 11) is 1.69. The van der Waals surface area contributed by atoms with Crippen LogP contribution in [0.3, 0.4) is 0 Å². The molecule has 0 aliphatic carbocycles. The molecule has 0 fully saturated rings. The van der Waals surface area contributed by atoms with Crippen LogP contribution in [0.5, 0.6) is 0 Å². The van der Waals surface area contributed by atoms with Gasteiger partial charge in [-0.05, 0) is 24.3 Å². The van der Waals surface area contributed by atoms with Gasteiger partial charge in [0, 0.05) is 31.5 Å². The van der Waals surface area contributed by atoms with Gasteiger partial charge in [0.05, 0.1) is 5.02 Å². The number of aryl methyl sites for hydroxylation is 1. The van der Waals surface area contributed by atoms with E-state index in [0.29, 0.717) is 16.4 Å². The quantitative estimate of drug-likeness (QED) is 0.911. The van der Waals surface area contributed by atoms with Crippen molar-refractivity contribution >= 4 is 34.8 Å². The predicted molar refractivity (Wildman–Crippen MR) is 76.9 cm³/mol. The van der Waals surface area contributed by atoms with Gasteiger partial charge in [0.15, 0.2) is 5.69 Å². The lowest BCUT2D eigenvalue weighted by atomic mass is 10.2. The molecular weight excluding hydrogens is 280 g/mol. The number of amides is 2. The summed E-state index contributed by atoms with van der Waals surface area (Å²) in [6, 6.07) is 6.74. The van der Waals surface area contributed by atoms with Crippen LogP contribution in [-0.4, -0.2) is 21.6 Å². The Morgan fingerprint density at radius 2 is 1.70 bits per heavy atom. The molecule has 0 aliphatic rings. The minimum Gasteiger partial charge on any atom is -0.326 e. The largest absolute Gasteiger partial charge is 0.326 e. The van der Waals surface area contributed by atoms with Crippen molar-refractivity contribution in [1.29, 1.82) is 0 Å². The van der Waals surface area contributed by atoms with Crippen molar-refractivity contribution in [3.8, 4) is 0 Å². The number of benzene rings is 1. The van der Waals surface area contributed by atoms with E-state index in [1.165, 1.54) is 11.6 Å². The van der Waals surface area contributed by atoms with Crippen LogP contribution in [0.2, 0.25) is 5.02 Å². The molecule has 0 unspecified atom stereocenters. The Hall–Kier alpha value is -2.34. The van der Waals surface area contributed by atoms with Crippen molar-refractivity contribution in [3.05, 3.63) is 41.2 Å². The van der Waals surface area contributed by atoms with Crippen LogP contribution in [0, 0.1) is 0 Å². The summed E-state index contributed by atoms with van der Waals surface area (Å²) in [6.45, 7) is 1.43. The molecule has 1 aromatic carbocycles. The van der Waals surface area contributed by atoms with Crippen molar-refractivity contribution in [1.82, 2.24) is 9.78 Å². The van der Waals surface area contributed by atoms with Gasteiger partial charge in [0.2, 0.25) is 5.91 Å². The monoisotopic (exact) mass is 292 g/mol. The summed E-state index contributed by atoms with van der Waals surface area (Å²) < 4.78 is 1.47. The van der Waals surface area contributed by atoms with Crippen LogP contribution >= 0.6 is 11.6 Å². The normalized spacial score (nSPS) is 10.2. The molecule has 0 atom stereocenters. The zero-order chi connectivity index (χ0) is 14.7. The highest BCUT2D eigenvalue weighted by atomic mass is 35.5. The molecule has 2 N–H and O–H groups in total. The second kappa shape index (κ2) is 5.75. The molecule has 1 aromatic heterocycles. The number of carbonyl (C=O) groups excluding carboxylic acids is 2. The average molecular weight is 293 g/mol. The smallest absolute Gasteiger partial charge is 0.277 e. The first-order chi connectivity index (χ1) is 9.45. The SMILES string of the molecule is CC(=O)Nc1ccc(NC(=O)c2nn(C)cc2Cl)cc1. The van der Waals surface area contributed by atoms with Crippen molar-refractivity contribution < 1.29 is 9.59 Å². The van der Waals surface area contributed by atoms with Gasteiger partial charge >= 0.3 is 0 Å². The first-order valence-electron chi connectivity index (χ1n) is 5.84. The van der Waals surface area contributed by atoms with Gasteiger partial charge in [0.1, 0.15) is 0 Å². The Morgan fingerprint density at radius 3 is 2.15 bits per heavy atom. The standard InChI is InChI=1S/C13H13ClN4O2/c1-8(19)15-9-3-5-10(6-4-9)16-13(20)12-11(14)7-18(2)17-12/h3-7H,1-2H3,(H,15,19)(H,16,20). The lowest BCUT2D eigenvalue weighted by Gasteiger charge is -2.06. The van der Waals surface area contributed by atoms with Crippen molar-refractivity contribution in [3.63, 3.8) is 0 Å². The second-order valence-corrected chi connectivity index (χ2v) is 4.62. The first kappa shape index (κ1) is 14.1. The molecule has 0 saturated heterocycles. The molecule has 20 heavy (non-hydrogen) atoms. The fourth-order valence-corrected chi connectivity index (χ4v) is 1.91. The second-order valence-electron chi connectivity index (χ2n) is 4.21. The van der Waals surface area contributed by atoms with Crippen molar-refractivity contribution in [2.24, 2.45) is 7.05 Å². The van der Waals surface area contributed by atoms with Gasteiger partial charge in [-0.2, -0.15) is 5.10 Å². The van der Waals surface area contributed by atoms with E-state index in [1.54, 1.807) is 37.5 Å². The Balaban J connectivity index is 2.08. The lowest BCUT2D eigenvalue weighted by molar-refractivity contribution is -0.114. The first-order valence-corrected chi connectivity index (χ1v) is 6.21. The molecular formula is C13H13ClN4O2. The molecule has 2 aromatic rings. The number of hydrogen-bond acceptors (Lipinski definition) is 3. The van der Waals surface area contributed by atoms with Crippen LogP contribution < -0.4 is 10.6 Å². The molecule has 0 bridgehead atoms. The third-order valence-corrected chi connectivity index (χ3v) is 2.74. The van der Waals surface area contributed by atoms with Gasteiger partial charge in [-0.3, -0.25) is 14.3 Å². The Labute approximate surface area is 120 Å². The van der Waals surface area contributed by atoms with Crippen LogP contribution in [0.1, 0.15) is 17.4 Å². The van der Waals surface area contributed by atoms with Crippen LogP contribution in [-0.2, 0) is 11.8 Å². The van der Waals surface area contributed by atoms with E-state index in [4.69, 9.17) is 11.6 Å². The number of halogens is 1. The fourth-order valence-electron chi connectivity index (χ4n) is 1.64. The van der Waals surface area contributed by atoms with Gasteiger partial charge in [0.25, 0.3) is 5.91 Å². The molecule has 104 valence electrons. The van der Waals surface area contributed by atoms with Crippen molar-refractivity contribution in [2.45, 2.75) is 6.92 Å². The minimum absolute atomic E-state index is 0.151. The van der Waals surface area contributed by atoms with Crippen LogP contribution in [0.4, 0.5) is 11.4 Å². The topological polar surface area (TPSA) is 76.0 Å². The molecule has 2 amide bonds. The summed E-state index contributed by atoms with van der Waals surface area (Å²) >= 11 is 5.90. The third-order valence-electron chi connectivity index (χ3n) is 2.46. The van der Waals surface area contributed by atoms with E-state index < -0.39 is 0 Å². The number of aromatic nitrogens is 2. The van der Waals surface area contributed by atoms with Crippen molar-refractivity contribution in [2.75, 3.05) is 10.6 Å². The number of anilines is 2. The molecule has 7 heteroatoms. The van der Waals surface area contributed by atoms with Crippen LogP contribution in [0.25, 0.3) is 0 Å². The maximum absolute atomic E-state index is 12.0. The van der Waals surface area contributed by atoms with Gasteiger partial charge in [-0.15, -0.1) is 0 Å². The van der Waals surface area contributed by atoms with E-state index in [-0.39, 0.29) is 17.5 Å². The highest BCUT2D eigenvalue weighted by Crippen LogP contribution is 2.17. The maximum atomic E-state index is 12.0. The Morgan fingerprint density at radius 1 is 1.15 bits per heavy atom. The van der Waals surface area contributed by atoms with E-state index >= 15 is 0 Å². The summed E-state index contributed by atoms with van der Waals surface area (Å²) in [5.74, 6) is -0.537. The molecule has 0 spiro atoms. The maximum Gasteiger partial charge on any atom is 0.277 e. The van der Waals surface area contributed by atoms with E-state index in [9.17, 15) is 9.59 Å². The fraction of sp³-hybridized carbons (Fsp3) is 0.154. The third kappa shape index (κ3) is 3.36. The molecule has 2 rings (SSSR count). The number of carbonyl (C=O) groups is 2. The number of rotatable bonds is 3. The summed E-state index contributed by atoms with van der Waals surface area (Å²) in [6.07, 6.45) is 1.55. The zero-order valence-corrected chi connectivity index (χ0v) is 11.7. The number of nitrogens with zero attached hydrogens (tertiary/aromatic N) is 2. The minimum atomic E-state index is -0.386. The summed E-state index contributed by atoms with van der Waals surface area (Å²) in [4.78, 5) is 22.9. The lowest BCUT2D eigenvalue weighted by Crippen LogP contribution is -2.13. The molecule has 0 radical (unpaired) electrons. The summed E-state index contributed by atoms with van der Waals surface area (Å²) in [5.41, 5.74) is 1.41. The zero-order valence-electron chi connectivity index (χ0n) is 11.0. The molecule has 1 heterocycles. The average Bonchev–Trinajstić information content (AvgIpc) is 2.70. The van der Waals surface area contributed by atoms with Gasteiger partial charge in [-0.1, -0.05) is 11.6 Å². The number of hydrogen-bond donors (Lipinski definition) is 2. The van der Waals surface area contributed by atoms with Crippen LogP contribution in [0.15, 0.2) is 30.5 Å². The summed E-state index contributed by atoms with van der Waals surface area (Å²) in [5, 5.41) is 9.59. The van der Waals surface area contributed by atoms with E-state index in [1.807, 2.05) is 0 Å². The molecule has 0 aliphatic heterocycles. The Kier molecular flexibility index (Phi) is 4.05. The highest BCUT2D eigenvalue weighted by molar-refractivity contribution is 6.34.